The maximum Gasteiger partial charge on any atom is 0.401 e. The summed E-state index contributed by atoms with van der Waals surface area (Å²) in [6.07, 6.45) is -4.13. The molecule has 16 heavy (non-hydrogen) atoms. The topological polar surface area (TPSA) is 24.1 Å². The van der Waals surface area contributed by atoms with Gasteiger partial charge >= 0.3 is 6.18 Å². The van der Waals surface area contributed by atoms with Crippen molar-refractivity contribution in [1.82, 2.24) is 5.32 Å². The van der Waals surface area contributed by atoms with Crippen LogP contribution in [0.3, 0.4) is 0 Å². The fraction of sp³-hybridized carbons (Fsp3) is 0.455. The van der Waals surface area contributed by atoms with Crippen LogP contribution in [0.25, 0.3) is 0 Å². The Hall–Kier alpha value is -1.23. The quantitative estimate of drug-likeness (QED) is 0.832. The first-order chi connectivity index (χ1) is 7.56. The van der Waals surface area contributed by atoms with Gasteiger partial charge in [0.15, 0.2) is 0 Å². The molecule has 1 heterocycles. The molecule has 0 aromatic heterocycles. The van der Waals surface area contributed by atoms with Crippen LogP contribution in [0.2, 0.25) is 0 Å². The molecule has 2 nitrogen and oxygen atoms in total. The van der Waals surface area contributed by atoms with Gasteiger partial charge in [-0.1, -0.05) is 18.2 Å². The second kappa shape index (κ2) is 4.33. The Bertz CT molecular complexity index is 362. The number of anilines is 1. The number of alkyl halides is 3. The molecule has 5 heteroatoms. The Morgan fingerprint density at radius 2 is 2.06 bits per heavy atom. The van der Waals surface area contributed by atoms with Crippen molar-refractivity contribution < 1.29 is 13.2 Å². The lowest BCUT2D eigenvalue weighted by Crippen LogP contribution is -2.32. The van der Waals surface area contributed by atoms with Crippen molar-refractivity contribution in [2.24, 2.45) is 0 Å². The molecule has 0 radical (unpaired) electrons. The monoisotopic (exact) mass is 230 g/mol. The fourth-order valence-corrected chi connectivity index (χ4v) is 1.93. The summed E-state index contributed by atoms with van der Waals surface area (Å²) in [6.45, 7) is 0.124. The van der Waals surface area contributed by atoms with Crippen LogP contribution in [0.5, 0.6) is 0 Å². The zero-order valence-electron chi connectivity index (χ0n) is 8.64. The van der Waals surface area contributed by atoms with E-state index in [0.29, 0.717) is 13.1 Å². The summed E-state index contributed by atoms with van der Waals surface area (Å²) < 4.78 is 35.8. The lowest BCUT2D eigenvalue weighted by Gasteiger charge is -2.12. The molecule has 1 unspecified atom stereocenters. The predicted octanol–water partition coefficient (Wildman–Crippen LogP) is 2.35. The van der Waals surface area contributed by atoms with Gasteiger partial charge in [-0.15, -0.1) is 0 Å². The van der Waals surface area contributed by atoms with E-state index in [1.165, 1.54) is 0 Å². The maximum atomic E-state index is 11.9. The van der Waals surface area contributed by atoms with Gasteiger partial charge in [0.1, 0.15) is 0 Å². The molecule has 1 atom stereocenters. The number of nitrogens with one attached hydrogen (secondary N) is 2. The number of para-hydroxylation sites is 1. The largest absolute Gasteiger partial charge is 0.401 e. The van der Waals surface area contributed by atoms with Gasteiger partial charge in [-0.25, -0.2) is 0 Å². The summed E-state index contributed by atoms with van der Waals surface area (Å²) in [6, 6.07) is 7.72. The van der Waals surface area contributed by atoms with Crippen molar-refractivity contribution in [3.63, 3.8) is 0 Å². The molecule has 0 amide bonds. The molecular formula is C11H13F3N2. The van der Waals surface area contributed by atoms with Crippen molar-refractivity contribution in [3.8, 4) is 0 Å². The number of halogens is 3. The van der Waals surface area contributed by atoms with Crippen LogP contribution >= 0.6 is 0 Å². The van der Waals surface area contributed by atoms with E-state index in [1.54, 1.807) is 0 Å². The van der Waals surface area contributed by atoms with Crippen molar-refractivity contribution in [1.29, 1.82) is 0 Å². The smallest absolute Gasteiger partial charge is 0.384 e. The molecule has 0 saturated carbocycles. The van der Waals surface area contributed by atoms with Gasteiger partial charge in [-0.3, -0.25) is 0 Å². The average Bonchev–Trinajstić information content (AvgIpc) is 2.60. The minimum atomic E-state index is -4.13. The highest BCUT2D eigenvalue weighted by molar-refractivity contribution is 5.57. The molecule has 0 fully saturated rings. The summed E-state index contributed by atoms with van der Waals surface area (Å²) in [5.41, 5.74) is 2.12. The van der Waals surface area contributed by atoms with Crippen LogP contribution < -0.4 is 10.6 Å². The van der Waals surface area contributed by atoms with E-state index in [0.717, 1.165) is 11.3 Å². The molecule has 88 valence electrons. The number of hydrogen-bond donors (Lipinski definition) is 2. The number of fused-ring (bicyclic) bond motifs is 1. The molecule has 1 aliphatic heterocycles. The second-order valence-electron chi connectivity index (χ2n) is 3.91. The van der Waals surface area contributed by atoms with Gasteiger partial charge in [0, 0.05) is 24.7 Å². The minimum Gasteiger partial charge on any atom is -0.384 e. The SMILES string of the molecule is FC(F)(F)CNCC1CNc2ccccc21. The number of benzene rings is 1. The van der Waals surface area contributed by atoms with E-state index in [-0.39, 0.29) is 5.92 Å². The summed E-state index contributed by atoms with van der Waals surface area (Å²) in [7, 11) is 0. The van der Waals surface area contributed by atoms with Crippen molar-refractivity contribution in [2.45, 2.75) is 12.1 Å². The summed E-state index contributed by atoms with van der Waals surface area (Å²) in [4.78, 5) is 0. The van der Waals surface area contributed by atoms with Crippen LogP contribution in [0.1, 0.15) is 11.5 Å². The number of hydrogen-bond acceptors (Lipinski definition) is 2. The lowest BCUT2D eigenvalue weighted by atomic mass is 10.0. The first-order valence-electron chi connectivity index (χ1n) is 5.16. The lowest BCUT2D eigenvalue weighted by molar-refractivity contribution is -0.124. The van der Waals surface area contributed by atoms with Gasteiger partial charge in [-0.05, 0) is 11.6 Å². The first kappa shape index (κ1) is 11.3. The van der Waals surface area contributed by atoms with Gasteiger partial charge in [0.2, 0.25) is 0 Å². The normalized spacial score (nSPS) is 19.3. The minimum absolute atomic E-state index is 0.124. The Labute approximate surface area is 91.8 Å². The van der Waals surface area contributed by atoms with Gasteiger partial charge in [-0.2, -0.15) is 13.2 Å². The molecular weight excluding hydrogens is 217 g/mol. The van der Waals surface area contributed by atoms with Crippen molar-refractivity contribution in [2.75, 3.05) is 25.0 Å². The molecule has 2 rings (SSSR count). The summed E-state index contributed by atoms with van der Waals surface area (Å²) >= 11 is 0. The molecule has 1 aliphatic rings. The van der Waals surface area contributed by atoms with Gasteiger partial charge in [0.05, 0.1) is 6.54 Å². The van der Waals surface area contributed by atoms with E-state index >= 15 is 0 Å². The highest BCUT2D eigenvalue weighted by atomic mass is 19.4. The van der Waals surface area contributed by atoms with Gasteiger partial charge in [0.25, 0.3) is 0 Å². The molecule has 1 aromatic rings. The van der Waals surface area contributed by atoms with E-state index < -0.39 is 12.7 Å². The third-order valence-electron chi connectivity index (χ3n) is 2.66. The fourth-order valence-electron chi connectivity index (χ4n) is 1.93. The van der Waals surface area contributed by atoms with E-state index in [4.69, 9.17) is 0 Å². The molecule has 2 N–H and O–H groups in total. The molecule has 0 spiro atoms. The highest BCUT2D eigenvalue weighted by Crippen LogP contribution is 2.30. The molecule has 0 aliphatic carbocycles. The molecule has 0 saturated heterocycles. The van der Waals surface area contributed by atoms with Crippen molar-refractivity contribution in [3.05, 3.63) is 29.8 Å². The molecule has 1 aromatic carbocycles. The van der Waals surface area contributed by atoms with E-state index in [2.05, 4.69) is 10.6 Å². The molecule has 0 bridgehead atoms. The predicted molar refractivity (Wildman–Crippen MR) is 56.6 cm³/mol. The van der Waals surface area contributed by atoms with E-state index in [1.807, 2.05) is 24.3 Å². The van der Waals surface area contributed by atoms with Gasteiger partial charge < -0.3 is 10.6 Å². The van der Waals surface area contributed by atoms with Crippen LogP contribution in [0.15, 0.2) is 24.3 Å². The maximum absolute atomic E-state index is 11.9. The highest BCUT2D eigenvalue weighted by Gasteiger charge is 2.28. The Balaban J connectivity index is 1.89. The number of rotatable bonds is 3. The first-order valence-corrected chi connectivity index (χ1v) is 5.16. The third kappa shape index (κ3) is 2.66. The second-order valence-corrected chi connectivity index (χ2v) is 3.91. The Kier molecular flexibility index (Phi) is 3.05. The average molecular weight is 230 g/mol. The standard InChI is InChI=1S/C11H13F3N2/c12-11(13,14)7-15-5-8-6-16-10-4-2-1-3-9(8)10/h1-4,8,15-16H,5-7H2. The summed E-state index contributed by atoms with van der Waals surface area (Å²) in [5.74, 6) is 0.124. The van der Waals surface area contributed by atoms with Crippen LogP contribution in [0, 0.1) is 0 Å². The van der Waals surface area contributed by atoms with Crippen LogP contribution in [-0.2, 0) is 0 Å². The van der Waals surface area contributed by atoms with Crippen LogP contribution in [-0.4, -0.2) is 25.8 Å². The van der Waals surface area contributed by atoms with E-state index in [9.17, 15) is 13.2 Å². The van der Waals surface area contributed by atoms with Crippen LogP contribution in [0.4, 0.5) is 18.9 Å². The zero-order chi connectivity index (χ0) is 11.6. The Morgan fingerprint density at radius 3 is 2.81 bits per heavy atom. The Morgan fingerprint density at radius 1 is 1.31 bits per heavy atom. The summed E-state index contributed by atoms with van der Waals surface area (Å²) in [5, 5.41) is 5.62. The third-order valence-corrected chi connectivity index (χ3v) is 2.66. The van der Waals surface area contributed by atoms with Crippen molar-refractivity contribution >= 4 is 5.69 Å². The zero-order valence-corrected chi connectivity index (χ0v) is 8.64.